The summed E-state index contributed by atoms with van der Waals surface area (Å²) in [5, 5.41) is 16.2. The third-order valence-corrected chi connectivity index (χ3v) is 4.26. The van der Waals surface area contributed by atoms with Crippen LogP contribution in [0.15, 0.2) is 5.38 Å². The van der Waals surface area contributed by atoms with Crippen LogP contribution in [0, 0.1) is 6.92 Å². The van der Waals surface area contributed by atoms with Crippen molar-refractivity contribution in [3.05, 3.63) is 16.1 Å². The highest BCUT2D eigenvalue weighted by Crippen LogP contribution is 2.17. The number of rotatable bonds is 11. The van der Waals surface area contributed by atoms with Gasteiger partial charge in [0.25, 0.3) is 0 Å². The van der Waals surface area contributed by atoms with Gasteiger partial charge >= 0.3 is 0 Å². The van der Waals surface area contributed by atoms with Gasteiger partial charge in [-0.2, -0.15) is 0 Å². The van der Waals surface area contributed by atoms with E-state index in [1.165, 1.54) is 19.3 Å². The molecule has 5 heteroatoms. The molecule has 1 rings (SSSR count). The van der Waals surface area contributed by atoms with E-state index < -0.39 is 6.10 Å². The van der Waals surface area contributed by atoms with Crippen molar-refractivity contribution in [3.8, 4) is 0 Å². The van der Waals surface area contributed by atoms with Gasteiger partial charge in [-0.1, -0.05) is 26.2 Å². The monoisotopic (exact) mass is 300 g/mol. The summed E-state index contributed by atoms with van der Waals surface area (Å²) in [6, 6.07) is 0.174. The summed E-state index contributed by atoms with van der Waals surface area (Å²) in [4.78, 5) is 4.44. The average Bonchev–Trinajstić information content (AvgIpc) is 2.86. The SMILES string of the molecule is CCCCCCOCC(O)CNC(C)c1nc(C)cs1. The predicted molar refractivity (Wildman–Crippen MR) is 84.2 cm³/mol. The first kappa shape index (κ1) is 17.6. The first-order valence-corrected chi connectivity index (χ1v) is 8.42. The number of nitrogens with zero attached hydrogens (tertiary/aromatic N) is 1. The average molecular weight is 300 g/mol. The van der Waals surface area contributed by atoms with Gasteiger partial charge in [-0.3, -0.25) is 0 Å². The topological polar surface area (TPSA) is 54.4 Å². The molecule has 0 bridgehead atoms. The lowest BCUT2D eigenvalue weighted by atomic mass is 10.2. The number of aliphatic hydroxyl groups excluding tert-OH is 1. The third-order valence-electron chi connectivity index (χ3n) is 3.12. The summed E-state index contributed by atoms with van der Waals surface area (Å²) in [5.74, 6) is 0. The summed E-state index contributed by atoms with van der Waals surface area (Å²) < 4.78 is 5.48. The van der Waals surface area contributed by atoms with Gasteiger partial charge in [0.05, 0.1) is 18.8 Å². The first-order chi connectivity index (χ1) is 9.63. The number of hydrogen-bond acceptors (Lipinski definition) is 5. The Morgan fingerprint density at radius 2 is 2.20 bits per heavy atom. The molecule has 0 radical (unpaired) electrons. The molecule has 0 spiro atoms. The first-order valence-electron chi connectivity index (χ1n) is 7.54. The van der Waals surface area contributed by atoms with Crippen LogP contribution in [0.4, 0.5) is 0 Å². The molecule has 0 saturated carbocycles. The molecule has 20 heavy (non-hydrogen) atoms. The molecule has 1 aromatic rings. The third kappa shape index (κ3) is 7.33. The molecule has 0 fully saturated rings. The molecular formula is C15H28N2O2S. The Morgan fingerprint density at radius 1 is 1.40 bits per heavy atom. The van der Waals surface area contributed by atoms with Gasteiger partial charge in [-0.05, 0) is 20.3 Å². The molecule has 0 aromatic carbocycles. The Kier molecular flexibility index (Phi) is 9.02. The number of nitrogens with one attached hydrogen (secondary N) is 1. The van der Waals surface area contributed by atoms with Gasteiger partial charge < -0.3 is 15.2 Å². The van der Waals surface area contributed by atoms with Crippen LogP contribution in [0.3, 0.4) is 0 Å². The Balaban J connectivity index is 2.06. The van der Waals surface area contributed by atoms with Crippen LogP contribution in [-0.4, -0.2) is 36.0 Å². The van der Waals surface area contributed by atoms with Gasteiger partial charge in [-0.15, -0.1) is 11.3 Å². The van der Waals surface area contributed by atoms with Crippen LogP contribution >= 0.6 is 11.3 Å². The number of aryl methyl sites for hydroxylation is 1. The second kappa shape index (κ2) is 10.3. The van der Waals surface area contributed by atoms with E-state index in [-0.39, 0.29) is 6.04 Å². The second-order valence-electron chi connectivity index (χ2n) is 5.25. The standard InChI is InChI=1S/C15H28N2O2S/c1-4-5-6-7-8-19-10-14(18)9-16-13(3)15-17-12(2)11-20-15/h11,13-14,16,18H,4-10H2,1-3H3. The van der Waals surface area contributed by atoms with Crippen molar-refractivity contribution in [1.82, 2.24) is 10.3 Å². The van der Waals surface area contributed by atoms with Crippen molar-refractivity contribution >= 4 is 11.3 Å². The van der Waals surface area contributed by atoms with E-state index >= 15 is 0 Å². The zero-order valence-corrected chi connectivity index (χ0v) is 13.7. The quantitative estimate of drug-likeness (QED) is 0.617. The van der Waals surface area contributed by atoms with Crippen LogP contribution in [0.2, 0.25) is 0 Å². The predicted octanol–water partition coefficient (Wildman–Crippen LogP) is 3.06. The van der Waals surface area contributed by atoms with E-state index in [1.54, 1.807) is 11.3 Å². The summed E-state index contributed by atoms with van der Waals surface area (Å²) in [6.45, 7) is 7.95. The van der Waals surface area contributed by atoms with Crippen molar-refractivity contribution in [3.63, 3.8) is 0 Å². The molecule has 1 heterocycles. The van der Waals surface area contributed by atoms with Gasteiger partial charge in [0.1, 0.15) is 5.01 Å². The van der Waals surface area contributed by atoms with Crippen molar-refractivity contribution in [2.75, 3.05) is 19.8 Å². The number of aromatic nitrogens is 1. The molecule has 2 N–H and O–H groups in total. The Bertz CT molecular complexity index is 357. The maximum atomic E-state index is 9.85. The minimum atomic E-state index is -0.454. The number of unbranched alkanes of at least 4 members (excludes halogenated alkanes) is 3. The minimum Gasteiger partial charge on any atom is -0.389 e. The molecule has 2 unspecified atom stereocenters. The lowest BCUT2D eigenvalue weighted by Crippen LogP contribution is -2.32. The van der Waals surface area contributed by atoms with Gasteiger partial charge in [0.15, 0.2) is 0 Å². The molecule has 0 aliphatic carbocycles. The molecule has 1 aromatic heterocycles. The van der Waals surface area contributed by atoms with Gasteiger partial charge in [-0.25, -0.2) is 4.98 Å². The number of aliphatic hydroxyl groups is 1. The van der Waals surface area contributed by atoms with Crippen molar-refractivity contribution in [2.24, 2.45) is 0 Å². The molecule has 2 atom stereocenters. The summed E-state index contributed by atoms with van der Waals surface area (Å²) >= 11 is 1.65. The van der Waals surface area contributed by atoms with Crippen molar-refractivity contribution < 1.29 is 9.84 Å². The largest absolute Gasteiger partial charge is 0.389 e. The van der Waals surface area contributed by atoms with Crippen LogP contribution in [0.5, 0.6) is 0 Å². The van der Waals surface area contributed by atoms with E-state index in [4.69, 9.17) is 4.74 Å². The molecule has 4 nitrogen and oxygen atoms in total. The van der Waals surface area contributed by atoms with E-state index in [0.717, 1.165) is 23.7 Å². The fraction of sp³-hybridized carbons (Fsp3) is 0.800. The van der Waals surface area contributed by atoms with Crippen LogP contribution in [-0.2, 0) is 4.74 Å². The molecule has 116 valence electrons. The Hall–Kier alpha value is -0.490. The van der Waals surface area contributed by atoms with Crippen LogP contribution in [0.25, 0.3) is 0 Å². The van der Waals surface area contributed by atoms with Gasteiger partial charge in [0.2, 0.25) is 0 Å². The van der Waals surface area contributed by atoms with E-state index in [9.17, 15) is 5.11 Å². The van der Waals surface area contributed by atoms with E-state index in [0.29, 0.717) is 13.2 Å². The highest BCUT2D eigenvalue weighted by Gasteiger charge is 2.11. The molecule has 0 aliphatic heterocycles. The fourth-order valence-electron chi connectivity index (χ4n) is 1.88. The van der Waals surface area contributed by atoms with Crippen LogP contribution in [0.1, 0.15) is 56.3 Å². The molecule has 0 amide bonds. The second-order valence-corrected chi connectivity index (χ2v) is 6.14. The number of thiazole rings is 1. The zero-order valence-electron chi connectivity index (χ0n) is 12.9. The normalized spacial score (nSPS) is 14.4. The Morgan fingerprint density at radius 3 is 2.85 bits per heavy atom. The van der Waals surface area contributed by atoms with Crippen molar-refractivity contribution in [2.45, 2.75) is 58.6 Å². The number of hydrogen-bond donors (Lipinski definition) is 2. The molecular weight excluding hydrogens is 272 g/mol. The maximum Gasteiger partial charge on any atom is 0.110 e. The highest BCUT2D eigenvalue weighted by atomic mass is 32.1. The lowest BCUT2D eigenvalue weighted by molar-refractivity contribution is 0.0343. The fourth-order valence-corrected chi connectivity index (χ4v) is 2.71. The lowest BCUT2D eigenvalue weighted by Gasteiger charge is -2.15. The van der Waals surface area contributed by atoms with E-state index in [1.807, 2.05) is 12.3 Å². The maximum absolute atomic E-state index is 9.85. The molecule has 0 saturated heterocycles. The summed E-state index contributed by atoms with van der Waals surface area (Å²) in [6.07, 6.45) is 4.34. The minimum absolute atomic E-state index is 0.174. The van der Waals surface area contributed by atoms with Crippen molar-refractivity contribution in [1.29, 1.82) is 0 Å². The molecule has 0 aliphatic rings. The summed E-state index contributed by atoms with van der Waals surface area (Å²) in [5.41, 5.74) is 1.05. The van der Waals surface area contributed by atoms with Crippen LogP contribution < -0.4 is 5.32 Å². The smallest absolute Gasteiger partial charge is 0.110 e. The number of ether oxygens (including phenoxy) is 1. The summed E-state index contributed by atoms with van der Waals surface area (Å²) in [7, 11) is 0. The Labute approximate surface area is 126 Å². The van der Waals surface area contributed by atoms with E-state index in [2.05, 4.69) is 24.1 Å². The zero-order chi connectivity index (χ0) is 14.8. The highest BCUT2D eigenvalue weighted by molar-refractivity contribution is 7.09. The van der Waals surface area contributed by atoms with Gasteiger partial charge in [0, 0.05) is 24.2 Å².